The molecular weight excluding hydrogens is 312 g/mol. The molecule has 0 bridgehead atoms. The monoisotopic (exact) mass is 323 g/mol. The zero-order chi connectivity index (χ0) is 16.9. The molecule has 0 saturated heterocycles. The Morgan fingerprint density at radius 2 is 1.41 bits per heavy atom. The first kappa shape index (κ1) is 16.4. The Kier molecular flexibility index (Phi) is 3.75. The van der Waals surface area contributed by atoms with Crippen LogP contribution in [0.25, 0.3) is 0 Å². The van der Waals surface area contributed by atoms with E-state index in [9.17, 15) is 31.1 Å². The second-order valence-corrected chi connectivity index (χ2v) is 5.03. The summed E-state index contributed by atoms with van der Waals surface area (Å²) in [7, 11) is 0. The lowest BCUT2D eigenvalue weighted by molar-refractivity contribution is -0.143. The average Bonchev–Trinajstić information content (AvgIpc) is 2.60. The van der Waals surface area contributed by atoms with Gasteiger partial charge in [0.1, 0.15) is 0 Å². The predicted molar refractivity (Wildman–Crippen MR) is 67.2 cm³/mol. The van der Waals surface area contributed by atoms with Crippen LogP contribution >= 0.6 is 0 Å². The molecule has 0 aromatic heterocycles. The van der Waals surface area contributed by atoms with E-state index in [1.807, 2.05) is 0 Å². The van der Waals surface area contributed by atoms with Crippen LogP contribution < -0.4 is 4.90 Å². The third-order valence-electron chi connectivity index (χ3n) is 3.31. The van der Waals surface area contributed by atoms with Gasteiger partial charge in [-0.15, -0.1) is 0 Å². The highest BCUT2D eigenvalue weighted by molar-refractivity contribution is 6.08. The maximum absolute atomic E-state index is 12.8. The molecule has 1 aromatic rings. The number of nitrogens with zero attached hydrogens (tertiary/aromatic N) is 1. The van der Waals surface area contributed by atoms with E-state index in [0.717, 1.165) is 4.90 Å². The maximum Gasteiger partial charge on any atom is 0.416 e. The van der Waals surface area contributed by atoms with Gasteiger partial charge in [-0.25, -0.2) is 0 Å². The summed E-state index contributed by atoms with van der Waals surface area (Å²) in [5.41, 5.74) is -3.03. The van der Waals surface area contributed by atoms with Crippen LogP contribution in [0.5, 0.6) is 0 Å². The Labute approximate surface area is 122 Å². The predicted octanol–water partition coefficient (Wildman–Crippen LogP) is 4.41. The molecule has 2 nitrogen and oxygen atoms in total. The summed E-state index contributed by atoms with van der Waals surface area (Å²) in [6, 6.07) is 0.526. The van der Waals surface area contributed by atoms with Crippen LogP contribution in [-0.4, -0.2) is 11.9 Å². The lowest BCUT2D eigenvalue weighted by Crippen LogP contribution is -2.33. The van der Waals surface area contributed by atoms with E-state index >= 15 is 0 Å². The van der Waals surface area contributed by atoms with Crippen molar-refractivity contribution in [2.24, 2.45) is 0 Å². The molecule has 1 atom stereocenters. The fourth-order valence-electron chi connectivity index (χ4n) is 2.31. The van der Waals surface area contributed by atoms with Crippen LogP contribution in [0.1, 0.15) is 25.0 Å². The first-order chi connectivity index (χ1) is 9.91. The van der Waals surface area contributed by atoms with Crippen molar-refractivity contribution in [3.05, 3.63) is 41.0 Å². The molecule has 1 aliphatic rings. The fourth-order valence-corrected chi connectivity index (χ4v) is 2.31. The summed E-state index contributed by atoms with van der Waals surface area (Å²) in [5.74, 6) is -0.611. The summed E-state index contributed by atoms with van der Waals surface area (Å²) >= 11 is 0. The van der Waals surface area contributed by atoms with Crippen LogP contribution in [0.4, 0.5) is 32.0 Å². The Hall–Kier alpha value is -1.99. The summed E-state index contributed by atoms with van der Waals surface area (Å²) in [4.78, 5) is 12.8. The van der Waals surface area contributed by atoms with Gasteiger partial charge in [0, 0.05) is 11.3 Å². The van der Waals surface area contributed by atoms with E-state index in [4.69, 9.17) is 0 Å². The van der Waals surface area contributed by atoms with Crippen LogP contribution in [0, 0.1) is 0 Å². The molecule has 22 heavy (non-hydrogen) atoms. The normalized spacial score (nSPS) is 19.6. The highest BCUT2D eigenvalue weighted by Crippen LogP contribution is 2.39. The number of carbonyl (C=O) groups excluding carboxylic acids is 1. The van der Waals surface area contributed by atoms with Gasteiger partial charge >= 0.3 is 12.4 Å². The second-order valence-electron chi connectivity index (χ2n) is 5.03. The Bertz CT molecular complexity index is 611. The van der Waals surface area contributed by atoms with Crippen molar-refractivity contribution < 1.29 is 31.1 Å². The molecule has 0 radical (unpaired) electrons. The number of anilines is 1. The molecule has 0 N–H and O–H groups in total. The minimum atomic E-state index is -4.94. The molecule has 0 spiro atoms. The van der Waals surface area contributed by atoms with Crippen LogP contribution in [-0.2, 0) is 17.1 Å². The number of halogens is 6. The van der Waals surface area contributed by atoms with Crippen LogP contribution in [0.15, 0.2) is 29.8 Å². The van der Waals surface area contributed by atoms with E-state index in [1.54, 1.807) is 0 Å². The zero-order valence-electron chi connectivity index (χ0n) is 11.5. The third-order valence-corrected chi connectivity index (χ3v) is 3.31. The molecule has 0 saturated carbocycles. The molecule has 1 aliphatic heterocycles. The minimum Gasteiger partial charge on any atom is -0.302 e. The van der Waals surface area contributed by atoms with Crippen molar-refractivity contribution in [3.63, 3.8) is 0 Å². The Balaban J connectivity index is 2.60. The fraction of sp³-hybridized carbons (Fsp3) is 0.357. The number of rotatable bonds is 1. The van der Waals surface area contributed by atoms with E-state index < -0.39 is 41.1 Å². The lowest BCUT2D eigenvalue weighted by Gasteiger charge is -2.24. The number of hydrogen-bond donors (Lipinski definition) is 0. The van der Waals surface area contributed by atoms with E-state index in [2.05, 4.69) is 0 Å². The topological polar surface area (TPSA) is 20.3 Å². The van der Waals surface area contributed by atoms with Crippen molar-refractivity contribution in [2.75, 3.05) is 4.90 Å². The number of benzene rings is 1. The SMILES string of the molecule is CC1=CC(C)N(c2cc(C(F)(F)F)cc(C(F)(F)F)c2)C1=O. The average molecular weight is 323 g/mol. The summed E-state index contributed by atoms with van der Waals surface area (Å²) in [6.45, 7) is 2.97. The summed E-state index contributed by atoms with van der Waals surface area (Å²) in [6.07, 6.45) is -8.40. The van der Waals surface area contributed by atoms with Crippen LogP contribution in [0.2, 0.25) is 0 Å². The molecule has 0 aliphatic carbocycles. The van der Waals surface area contributed by atoms with Crippen LogP contribution in [0.3, 0.4) is 0 Å². The van der Waals surface area contributed by atoms with Gasteiger partial charge in [0.15, 0.2) is 0 Å². The highest BCUT2D eigenvalue weighted by atomic mass is 19.4. The van der Waals surface area contributed by atoms with Gasteiger partial charge < -0.3 is 4.90 Å². The van der Waals surface area contributed by atoms with Crippen molar-refractivity contribution in [2.45, 2.75) is 32.2 Å². The zero-order valence-corrected chi connectivity index (χ0v) is 11.5. The molecule has 1 heterocycles. The van der Waals surface area contributed by atoms with Gasteiger partial charge in [0.25, 0.3) is 5.91 Å². The van der Waals surface area contributed by atoms with Gasteiger partial charge in [0.2, 0.25) is 0 Å². The van der Waals surface area contributed by atoms with Gasteiger partial charge in [0.05, 0.1) is 17.2 Å². The first-order valence-electron chi connectivity index (χ1n) is 6.22. The second kappa shape index (κ2) is 5.03. The number of alkyl halides is 6. The lowest BCUT2D eigenvalue weighted by atomic mass is 10.1. The Morgan fingerprint density at radius 3 is 1.73 bits per heavy atom. The molecule has 2 rings (SSSR count). The smallest absolute Gasteiger partial charge is 0.302 e. The molecule has 120 valence electrons. The number of carbonyl (C=O) groups is 1. The van der Waals surface area contributed by atoms with Gasteiger partial charge in [-0.3, -0.25) is 4.79 Å². The summed E-state index contributed by atoms with van der Waals surface area (Å²) < 4.78 is 76.9. The van der Waals surface area contributed by atoms with Gasteiger partial charge in [-0.2, -0.15) is 26.3 Å². The van der Waals surface area contributed by atoms with Gasteiger partial charge in [-0.1, -0.05) is 6.08 Å². The van der Waals surface area contributed by atoms with Crippen molar-refractivity contribution in [3.8, 4) is 0 Å². The maximum atomic E-state index is 12.8. The quantitative estimate of drug-likeness (QED) is 0.701. The number of hydrogen-bond acceptors (Lipinski definition) is 1. The molecule has 8 heteroatoms. The summed E-state index contributed by atoms with van der Waals surface area (Å²) in [5, 5.41) is 0. The molecule has 1 amide bonds. The minimum absolute atomic E-state index is 0.0367. The van der Waals surface area contributed by atoms with E-state index in [1.165, 1.54) is 19.9 Å². The van der Waals surface area contributed by atoms with Crippen molar-refractivity contribution in [1.29, 1.82) is 0 Å². The third kappa shape index (κ3) is 2.95. The standard InChI is InChI=1S/C14H11F6NO/c1-7-3-8(2)21(12(7)22)11-5-9(13(15,16)17)4-10(6-11)14(18,19)20/h3-6,8H,1-2H3. The van der Waals surface area contributed by atoms with E-state index in [-0.39, 0.29) is 11.6 Å². The van der Waals surface area contributed by atoms with E-state index in [0.29, 0.717) is 12.1 Å². The van der Waals surface area contributed by atoms with Crippen molar-refractivity contribution in [1.82, 2.24) is 0 Å². The molecule has 1 aromatic carbocycles. The Morgan fingerprint density at radius 1 is 0.955 bits per heavy atom. The first-order valence-corrected chi connectivity index (χ1v) is 6.22. The van der Waals surface area contributed by atoms with Crippen molar-refractivity contribution >= 4 is 11.6 Å². The molecular formula is C14H11F6NO. The highest BCUT2D eigenvalue weighted by Gasteiger charge is 2.39. The largest absolute Gasteiger partial charge is 0.416 e. The molecule has 1 unspecified atom stereocenters. The van der Waals surface area contributed by atoms with Gasteiger partial charge in [-0.05, 0) is 32.0 Å². The number of amides is 1. The molecule has 0 fully saturated rings.